The molecule has 2 aromatic rings. The van der Waals surface area contributed by atoms with E-state index in [1.807, 2.05) is 27.0 Å². The number of benzene rings is 1. The summed E-state index contributed by atoms with van der Waals surface area (Å²) >= 11 is 0. The van der Waals surface area contributed by atoms with Crippen molar-refractivity contribution in [2.45, 2.75) is 39.2 Å². The second-order valence-corrected chi connectivity index (χ2v) is 8.40. The number of hydrogen-bond acceptors (Lipinski definition) is 5. The Morgan fingerprint density at radius 3 is 2.61 bits per heavy atom. The number of carbonyl (C=O) groups excluding carboxylic acids is 1. The number of unbranched alkanes of at least 4 members (excludes halogenated alkanes) is 1. The second kappa shape index (κ2) is 9.24. The zero-order valence-corrected chi connectivity index (χ0v) is 17.3. The molecular weight excluding hydrogens is 352 g/mol. The van der Waals surface area contributed by atoms with Crippen LogP contribution in [0, 0.1) is 0 Å². The van der Waals surface area contributed by atoms with E-state index in [2.05, 4.69) is 50.4 Å². The van der Waals surface area contributed by atoms with Crippen LogP contribution in [-0.4, -0.2) is 60.8 Å². The minimum absolute atomic E-state index is 0.254. The Hall–Kier alpha value is -2.34. The number of fused-ring (bicyclic) bond motifs is 1. The maximum absolute atomic E-state index is 11.6. The van der Waals surface area contributed by atoms with E-state index < -0.39 is 0 Å². The highest BCUT2D eigenvalue weighted by molar-refractivity contribution is 5.92. The molecule has 1 fully saturated rings. The third kappa shape index (κ3) is 5.83. The minimum Gasteiger partial charge on any atom is -0.450 e. The summed E-state index contributed by atoms with van der Waals surface area (Å²) in [4.78, 5) is 21.1. The van der Waals surface area contributed by atoms with Crippen molar-refractivity contribution in [3.05, 3.63) is 36.5 Å². The molecule has 0 atom stereocenters. The first-order chi connectivity index (χ1) is 13.4. The van der Waals surface area contributed by atoms with Crippen molar-refractivity contribution in [2.24, 2.45) is 0 Å². The lowest BCUT2D eigenvalue weighted by molar-refractivity contribution is 0.133. The molecule has 1 saturated heterocycles. The number of nitrogens with one attached hydrogen (secondary N) is 1. The van der Waals surface area contributed by atoms with E-state index >= 15 is 0 Å². The first-order valence-electron chi connectivity index (χ1n) is 10.2. The van der Waals surface area contributed by atoms with Crippen molar-refractivity contribution in [3.63, 3.8) is 0 Å². The second-order valence-electron chi connectivity index (χ2n) is 8.40. The zero-order valence-electron chi connectivity index (χ0n) is 17.3. The number of alkyl carbamates (subject to hydrolysis) is 1. The largest absolute Gasteiger partial charge is 0.450 e. The Bertz CT molecular complexity index is 774. The molecule has 0 unspecified atom stereocenters. The molecule has 28 heavy (non-hydrogen) atoms. The van der Waals surface area contributed by atoms with Crippen molar-refractivity contribution in [2.75, 3.05) is 44.2 Å². The lowest BCUT2D eigenvalue weighted by Gasteiger charge is -2.35. The Labute approximate surface area is 167 Å². The van der Waals surface area contributed by atoms with Gasteiger partial charge in [-0.05, 0) is 51.6 Å². The molecule has 1 N–H and O–H groups in total. The van der Waals surface area contributed by atoms with Crippen molar-refractivity contribution in [1.82, 2.24) is 15.2 Å². The van der Waals surface area contributed by atoms with Crippen molar-refractivity contribution in [3.8, 4) is 0 Å². The summed E-state index contributed by atoms with van der Waals surface area (Å²) in [5.41, 5.74) is -0.254. The molecule has 1 aromatic carbocycles. The molecule has 6 nitrogen and oxygen atoms in total. The lowest BCUT2D eigenvalue weighted by Crippen LogP contribution is -2.47. The summed E-state index contributed by atoms with van der Waals surface area (Å²) in [6, 6.07) is 10.5. The van der Waals surface area contributed by atoms with E-state index in [4.69, 9.17) is 4.74 Å². The van der Waals surface area contributed by atoms with Crippen LogP contribution in [0.1, 0.15) is 33.6 Å². The summed E-state index contributed by atoms with van der Waals surface area (Å²) in [6.45, 7) is 11.4. The highest BCUT2D eigenvalue weighted by Crippen LogP contribution is 2.24. The molecule has 1 amide bonds. The number of rotatable bonds is 6. The zero-order chi connectivity index (χ0) is 20.0. The molecule has 0 aliphatic carbocycles. The quantitative estimate of drug-likeness (QED) is 0.770. The molecular formula is C22H32N4O2. The standard InChI is InChI=1S/C22H32N4O2/c1-22(2,3)24-21(27)28-17-7-6-12-25-13-15-26(16-14-25)20-19-9-5-4-8-18(19)10-11-23-20/h4-5,8-11H,6-7,12-17H2,1-3H3,(H,24,27). The Balaban J connectivity index is 1.37. The normalized spacial score (nSPS) is 15.6. The van der Waals surface area contributed by atoms with Crippen molar-refractivity contribution >= 4 is 22.7 Å². The molecule has 0 bridgehead atoms. The fourth-order valence-corrected chi connectivity index (χ4v) is 3.48. The molecule has 2 heterocycles. The first kappa shape index (κ1) is 20.4. The number of anilines is 1. The lowest BCUT2D eigenvalue weighted by atomic mass is 10.1. The SMILES string of the molecule is CC(C)(C)NC(=O)OCCCCN1CCN(c2nccc3ccccc23)CC1. The van der Waals surface area contributed by atoms with Crippen LogP contribution >= 0.6 is 0 Å². The smallest absolute Gasteiger partial charge is 0.407 e. The first-order valence-corrected chi connectivity index (χ1v) is 10.2. The van der Waals surface area contributed by atoms with Gasteiger partial charge >= 0.3 is 6.09 Å². The van der Waals surface area contributed by atoms with E-state index in [1.54, 1.807) is 0 Å². The molecule has 0 spiro atoms. The average molecular weight is 385 g/mol. The van der Waals surface area contributed by atoms with Gasteiger partial charge in [-0.2, -0.15) is 0 Å². The molecule has 3 rings (SSSR count). The fraction of sp³-hybridized carbons (Fsp3) is 0.545. The number of ether oxygens (including phenoxy) is 1. The number of amides is 1. The van der Waals surface area contributed by atoms with Crippen LogP contribution in [0.3, 0.4) is 0 Å². The molecule has 0 radical (unpaired) electrons. The summed E-state index contributed by atoms with van der Waals surface area (Å²) < 4.78 is 5.24. The van der Waals surface area contributed by atoms with Crippen molar-refractivity contribution in [1.29, 1.82) is 0 Å². The average Bonchev–Trinajstić information content (AvgIpc) is 2.66. The number of piperazine rings is 1. The van der Waals surface area contributed by atoms with Gasteiger partial charge in [0.25, 0.3) is 0 Å². The maximum atomic E-state index is 11.6. The number of carbonyl (C=O) groups is 1. The maximum Gasteiger partial charge on any atom is 0.407 e. The van der Waals surface area contributed by atoms with Gasteiger partial charge < -0.3 is 15.0 Å². The van der Waals surface area contributed by atoms with Crippen molar-refractivity contribution < 1.29 is 9.53 Å². The van der Waals surface area contributed by atoms with Gasteiger partial charge in [0.05, 0.1) is 6.61 Å². The molecule has 1 aromatic heterocycles. The van der Waals surface area contributed by atoms with Gasteiger partial charge in [-0.3, -0.25) is 4.90 Å². The number of aromatic nitrogens is 1. The van der Waals surface area contributed by atoms with Gasteiger partial charge in [0.1, 0.15) is 5.82 Å². The van der Waals surface area contributed by atoms with Crippen LogP contribution in [0.2, 0.25) is 0 Å². The summed E-state index contributed by atoms with van der Waals surface area (Å²) in [6.07, 6.45) is 3.50. The highest BCUT2D eigenvalue weighted by atomic mass is 16.5. The topological polar surface area (TPSA) is 57.7 Å². The van der Waals surface area contributed by atoms with Gasteiger partial charge in [0.2, 0.25) is 0 Å². The Morgan fingerprint density at radius 2 is 1.86 bits per heavy atom. The molecule has 0 saturated carbocycles. The Kier molecular flexibility index (Phi) is 6.73. The van der Waals surface area contributed by atoms with Crippen LogP contribution in [0.4, 0.5) is 10.6 Å². The predicted octanol–water partition coefficient (Wildman–Crippen LogP) is 3.66. The monoisotopic (exact) mass is 384 g/mol. The summed E-state index contributed by atoms with van der Waals surface area (Å²) in [7, 11) is 0. The van der Waals surface area contributed by atoms with Gasteiger partial charge in [0.15, 0.2) is 0 Å². The molecule has 1 aliphatic heterocycles. The predicted molar refractivity (Wildman–Crippen MR) is 114 cm³/mol. The molecule has 1 aliphatic rings. The molecule has 152 valence electrons. The Morgan fingerprint density at radius 1 is 1.11 bits per heavy atom. The third-order valence-corrected chi connectivity index (χ3v) is 4.90. The van der Waals surface area contributed by atoms with E-state index in [9.17, 15) is 4.79 Å². The van der Waals surface area contributed by atoms with Crippen LogP contribution in [0.15, 0.2) is 36.5 Å². The van der Waals surface area contributed by atoms with Crippen LogP contribution in [0.25, 0.3) is 10.8 Å². The van der Waals surface area contributed by atoms with Gasteiger partial charge in [0, 0.05) is 43.3 Å². The highest BCUT2D eigenvalue weighted by Gasteiger charge is 2.19. The van der Waals surface area contributed by atoms with E-state index in [1.165, 1.54) is 10.8 Å². The van der Waals surface area contributed by atoms with Gasteiger partial charge in [-0.15, -0.1) is 0 Å². The number of hydrogen-bond donors (Lipinski definition) is 1. The van der Waals surface area contributed by atoms with E-state index in [0.29, 0.717) is 6.61 Å². The minimum atomic E-state index is -0.330. The summed E-state index contributed by atoms with van der Waals surface area (Å²) in [5.74, 6) is 1.09. The fourth-order valence-electron chi connectivity index (χ4n) is 3.48. The number of nitrogens with zero attached hydrogens (tertiary/aromatic N) is 3. The number of pyridine rings is 1. The van der Waals surface area contributed by atoms with Crippen LogP contribution in [-0.2, 0) is 4.74 Å². The van der Waals surface area contributed by atoms with E-state index in [0.717, 1.165) is 51.4 Å². The van der Waals surface area contributed by atoms with Crippen LogP contribution < -0.4 is 10.2 Å². The van der Waals surface area contributed by atoms with E-state index in [-0.39, 0.29) is 11.6 Å². The third-order valence-electron chi connectivity index (χ3n) is 4.90. The summed E-state index contributed by atoms with van der Waals surface area (Å²) in [5, 5.41) is 5.28. The van der Waals surface area contributed by atoms with Crippen LogP contribution in [0.5, 0.6) is 0 Å². The van der Waals surface area contributed by atoms with Gasteiger partial charge in [-0.25, -0.2) is 9.78 Å². The van der Waals surface area contributed by atoms with Gasteiger partial charge in [-0.1, -0.05) is 24.3 Å². The molecule has 6 heteroatoms.